The van der Waals surface area contributed by atoms with E-state index in [9.17, 15) is 0 Å². The maximum absolute atomic E-state index is 8.77. The Bertz CT molecular complexity index is 524. The molecule has 0 spiro atoms. The van der Waals surface area contributed by atoms with Gasteiger partial charge in [0, 0.05) is 12.2 Å². The first-order chi connectivity index (χ1) is 7.33. The van der Waals surface area contributed by atoms with Crippen LogP contribution in [0.3, 0.4) is 0 Å². The number of fused-ring (bicyclic) bond motifs is 1. The molecular weight excluding hydrogens is 184 g/mol. The molecule has 74 valence electrons. The van der Waals surface area contributed by atoms with Crippen LogP contribution in [-0.4, -0.2) is 6.54 Å². The van der Waals surface area contributed by atoms with Gasteiger partial charge in [0.1, 0.15) is 0 Å². The molecule has 0 radical (unpaired) electrons. The lowest BCUT2D eigenvalue weighted by Crippen LogP contribution is -1.95. The Morgan fingerprint density at radius 2 is 1.87 bits per heavy atom. The average molecular weight is 196 g/mol. The topological polar surface area (TPSA) is 35.8 Å². The summed E-state index contributed by atoms with van der Waals surface area (Å²) in [5.74, 6) is 0. The molecule has 2 rings (SSSR count). The minimum atomic E-state index is 0.707. The van der Waals surface area contributed by atoms with E-state index in [1.807, 2.05) is 30.3 Å². The first-order valence-electron chi connectivity index (χ1n) is 5.01. The highest BCUT2D eigenvalue weighted by molar-refractivity contribution is 5.86. The number of anilines is 1. The van der Waals surface area contributed by atoms with Crippen LogP contribution in [0, 0.1) is 11.3 Å². The van der Waals surface area contributed by atoms with Crippen molar-refractivity contribution in [3.63, 3.8) is 0 Å². The zero-order valence-electron chi connectivity index (χ0n) is 8.62. The fourth-order valence-electron chi connectivity index (χ4n) is 1.63. The lowest BCUT2D eigenvalue weighted by atomic mass is 10.1. The number of rotatable bonds is 2. The molecule has 0 aliphatic heterocycles. The zero-order chi connectivity index (χ0) is 10.7. The van der Waals surface area contributed by atoms with E-state index in [1.165, 1.54) is 0 Å². The maximum Gasteiger partial charge on any atom is 0.0991 e. The monoisotopic (exact) mass is 196 g/mol. The molecule has 0 heterocycles. The maximum atomic E-state index is 8.77. The van der Waals surface area contributed by atoms with E-state index in [-0.39, 0.29) is 0 Å². The summed E-state index contributed by atoms with van der Waals surface area (Å²) in [5.41, 5.74) is 1.83. The van der Waals surface area contributed by atoms with Gasteiger partial charge in [-0.2, -0.15) is 5.26 Å². The van der Waals surface area contributed by atoms with Gasteiger partial charge in [-0.15, -0.1) is 0 Å². The molecule has 0 aliphatic carbocycles. The van der Waals surface area contributed by atoms with Crippen LogP contribution in [0.25, 0.3) is 10.8 Å². The molecule has 0 saturated heterocycles. The molecule has 2 nitrogen and oxygen atoms in total. The third-order valence-corrected chi connectivity index (χ3v) is 2.35. The van der Waals surface area contributed by atoms with E-state index in [0.717, 1.165) is 23.0 Å². The van der Waals surface area contributed by atoms with Gasteiger partial charge in [-0.25, -0.2) is 0 Å². The summed E-state index contributed by atoms with van der Waals surface area (Å²) in [6.07, 6.45) is 0. The van der Waals surface area contributed by atoms with Crippen LogP contribution in [0.2, 0.25) is 0 Å². The van der Waals surface area contributed by atoms with Crippen molar-refractivity contribution < 1.29 is 0 Å². The lowest BCUT2D eigenvalue weighted by Gasteiger charge is -2.04. The lowest BCUT2D eigenvalue weighted by molar-refractivity contribution is 1.21. The highest BCUT2D eigenvalue weighted by Crippen LogP contribution is 2.20. The Kier molecular flexibility index (Phi) is 2.55. The molecule has 0 atom stereocenters. The van der Waals surface area contributed by atoms with Gasteiger partial charge in [0.15, 0.2) is 0 Å². The second-order valence-electron chi connectivity index (χ2n) is 3.42. The molecular formula is C13H12N2. The van der Waals surface area contributed by atoms with Crippen molar-refractivity contribution in [2.45, 2.75) is 6.92 Å². The number of nitriles is 1. The summed E-state index contributed by atoms with van der Waals surface area (Å²) in [7, 11) is 0. The molecule has 0 aromatic heterocycles. The zero-order valence-corrected chi connectivity index (χ0v) is 8.62. The normalized spacial score (nSPS) is 9.87. The number of benzene rings is 2. The van der Waals surface area contributed by atoms with E-state index < -0.39 is 0 Å². The van der Waals surface area contributed by atoms with Crippen molar-refractivity contribution in [1.29, 1.82) is 5.26 Å². The van der Waals surface area contributed by atoms with Crippen LogP contribution in [0.15, 0.2) is 36.4 Å². The van der Waals surface area contributed by atoms with Crippen molar-refractivity contribution >= 4 is 16.5 Å². The SMILES string of the molecule is CCNc1ccc2cc(C#N)ccc2c1. The fraction of sp³-hybridized carbons (Fsp3) is 0.154. The minimum absolute atomic E-state index is 0.707. The Labute approximate surface area is 89.2 Å². The average Bonchev–Trinajstić information content (AvgIpc) is 2.29. The molecule has 0 fully saturated rings. The van der Waals surface area contributed by atoms with Crippen LogP contribution in [-0.2, 0) is 0 Å². The Balaban J connectivity index is 2.51. The van der Waals surface area contributed by atoms with Gasteiger partial charge in [0.05, 0.1) is 11.6 Å². The predicted octanol–water partition coefficient (Wildman–Crippen LogP) is 3.14. The van der Waals surface area contributed by atoms with E-state index in [2.05, 4.69) is 24.4 Å². The highest BCUT2D eigenvalue weighted by atomic mass is 14.8. The fourth-order valence-corrected chi connectivity index (χ4v) is 1.63. The molecule has 2 aromatic rings. The second kappa shape index (κ2) is 4.02. The Morgan fingerprint density at radius 3 is 2.60 bits per heavy atom. The third kappa shape index (κ3) is 1.92. The van der Waals surface area contributed by atoms with Crippen molar-refractivity contribution in [3.05, 3.63) is 42.0 Å². The Morgan fingerprint density at radius 1 is 1.13 bits per heavy atom. The standard InChI is InChI=1S/C13H12N2/c1-2-15-13-6-5-11-7-10(9-14)3-4-12(11)8-13/h3-8,15H,2H2,1H3. The smallest absolute Gasteiger partial charge is 0.0991 e. The highest BCUT2D eigenvalue weighted by Gasteiger charge is 1.97. The second-order valence-corrected chi connectivity index (χ2v) is 3.42. The van der Waals surface area contributed by atoms with E-state index in [0.29, 0.717) is 5.56 Å². The van der Waals surface area contributed by atoms with E-state index in [4.69, 9.17) is 5.26 Å². The number of nitrogens with zero attached hydrogens (tertiary/aromatic N) is 1. The van der Waals surface area contributed by atoms with Gasteiger partial charge in [-0.1, -0.05) is 12.1 Å². The minimum Gasteiger partial charge on any atom is -0.385 e. The third-order valence-electron chi connectivity index (χ3n) is 2.35. The summed E-state index contributed by atoms with van der Waals surface area (Å²) in [6, 6.07) is 14.0. The summed E-state index contributed by atoms with van der Waals surface area (Å²) >= 11 is 0. The Hall–Kier alpha value is -2.01. The molecule has 2 heteroatoms. The molecule has 0 amide bonds. The van der Waals surface area contributed by atoms with E-state index >= 15 is 0 Å². The van der Waals surface area contributed by atoms with Crippen LogP contribution < -0.4 is 5.32 Å². The van der Waals surface area contributed by atoms with Crippen LogP contribution in [0.4, 0.5) is 5.69 Å². The number of hydrogen-bond acceptors (Lipinski definition) is 2. The number of hydrogen-bond donors (Lipinski definition) is 1. The van der Waals surface area contributed by atoms with Gasteiger partial charge in [0.2, 0.25) is 0 Å². The molecule has 15 heavy (non-hydrogen) atoms. The van der Waals surface area contributed by atoms with Gasteiger partial charge >= 0.3 is 0 Å². The van der Waals surface area contributed by atoms with Crippen LogP contribution in [0.5, 0.6) is 0 Å². The quantitative estimate of drug-likeness (QED) is 0.800. The van der Waals surface area contributed by atoms with Crippen LogP contribution >= 0.6 is 0 Å². The van der Waals surface area contributed by atoms with E-state index in [1.54, 1.807) is 0 Å². The van der Waals surface area contributed by atoms with Crippen molar-refractivity contribution in [2.75, 3.05) is 11.9 Å². The first kappa shape index (κ1) is 9.54. The molecule has 0 saturated carbocycles. The van der Waals surface area contributed by atoms with Gasteiger partial charge < -0.3 is 5.32 Å². The molecule has 0 bridgehead atoms. The predicted molar refractivity (Wildman–Crippen MR) is 62.8 cm³/mol. The largest absolute Gasteiger partial charge is 0.385 e. The number of nitrogens with one attached hydrogen (secondary N) is 1. The van der Waals surface area contributed by atoms with Gasteiger partial charge in [-0.3, -0.25) is 0 Å². The van der Waals surface area contributed by atoms with Crippen molar-refractivity contribution in [2.24, 2.45) is 0 Å². The van der Waals surface area contributed by atoms with Crippen molar-refractivity contribution in [3.8, 4) is 6.07 Å². The van der Waals surface area contributed by atoms with Crippen molar-refractivity contribution in [1.82, 2.24) is 0 Å². The molecule has 2 aromatic carbocycles. The van der Waals surface area contributed by atoms with Crippen LogP contribution in [0.1, 0.15) is 12.5 Å². The van der Waals surface area contributed by atoms with Gasteiger partial charge in [-0.05, 0) is 42.0 Å². The molecule has 0 unspecified atom stereocenters. The summed E-state index contributed by atoms with van der Waals surface area (Å²) in [6.45, 7) is 2.99. The summed E-state index contributed by atoms with van der Waals surface area (Å²) < 4.78 is 0. The van der Waals surface area contributed by atoms with Gasteiger partial charge in [0.25, 0.3) is 0 Å². The summed E-state index contributed by atoms with van der Waals surface area (Å²) in [5, 5.41) is 14.3. The molecule has 1 N–H and O–H groups in total. The first-order valence-corrected chi connectivity index (χ1v) is 5.01. The summed E-state index contributed by atoms with van der Waals surface area (Å²) in [4.78, 5) is 0. The molecule has 0 aliphatic rings.